The van der Waals surface area contributed by atoms with Gasteiger partial charge in [-0.3, -0.25) is 28.5 Å². The lowest BCUT2D eigenvalue weighted by molar-refractivity contribution is -0.909. The summed E-state index contributed by atoms with van der Waals surface area (Å²) in [4.78, 5) is 80.0. The van der Waals surface area contributed by atoms with E-state index in [4.69, 9.17) is 9.47 Å². The summed E-state index contributed by atoms with van der Waals surface area (Å²) in [5.41, 5.74) is 4.31. The van der Waals surface area contributed by atoms with Gasteiger partial charge in [0.1, 0.15) is 24.2 Å². The molecule has 1 aromatic heterocycles. The van der Waals surface area contributed by atoms with E-state index in [1.165, 1.54) is 0 Å². The number of hydrogen-bond acceptors (Lipinski definition) is 10. The Balaban J connectivity index is 0.821. The summed E-state index contributed by atoms with van der Waals surface area (Å²) < 4.78 is 47.8. The van der Waals surface area contributed by atoms with Crippen molar-refractivity contribution in [3.05, 3.63) is 94.6 Å². The second-order valence-corrected chi connectivity index (χ2v) is 24.6. The SMILES string of the molecule is CCCC[n+]1c2ccccc2c(C(=O)Oc2c(C)cc(C(=O)NCCC[N+](C)(CCCNC(=O)CCC(=O)O[C@@H]3CC4C(CC[C@]5(C)C(=O)CCC45)[C@@]4(C)CCC(=O)C=C34)CCCS(=O)(=O)O)cc2C)c2ccccc21. The molecule has 1 heterocycles. The number of esters is 2. The summed E-state index contributed by atoms with van der Waals surface area (Å²) in [6.07, 6.45) is 9.21. The number of nitrogens with zero attached hydrogens (tertiary/aromatic N) is 2. The molecule has 3 N–H and O–H groups in total. The molecule has 76 heavy (non-hydrogen) atoms. The van der Waals surface area contributed by atoms with Gasteiger partial charge in [0, 0.05) is 81.1 Å². The number of para-hydroxylation sites is 2. The minimum atomic E-state index is -4.17. The van der Waals surface area contributed by atoms with Gasteiger partial charge in [0.05, 0.1) is 55.2 Å². The highest BCUT2D eigenvalue weighted by Gasteiger charge is 2.61. The smallest absolute Gasteiger partial charge is 0.345 e. The van der Waals surface area contributed by atoms with Crippen LogP contribution in [0.4, 0.5) is 0 Å². The normalized spacial score (nSPS) is 24.0. The maximum atomic E-state index is 14.2. The molecule has 4 unspecified atom stereocenters. The molecule has 0 radical (unpaired) electrons. The average Bonchev–Trinajstić information content (AvgIpc) is 3.76. The van der Waals surface area contributed by atoms with Crippen LogP contribution >= 0.6 is 0 Å². The van der Waals surface area contributed by atoms with Crippen LogP contribution in [0.3, 0.4) is 0 Å². The van der Waals surface area contributed by atoms with Crippen LogP contribution in [-0.2, 0) is 40.6 Å². The number of benzene rings is 3. The summed E-state index contributed by atoms with van der Waals surface area (Å²) in [5, 5.41) is 7.52. The number of carbonyl (C=O) groups is 6. The molecule has 15 nitrogen and oxygen atoms in total. The van der Waals surface area contributed by atoms with E-state index in [-0.39, 0.29) is 65.3 Å². The van der Waals surface area contributed by atoms with Crippen LogP contribution in [0.15, 0.2) is 72.3 Å². The summed E-state index contributed by atoms with van der Waals surface area (Å²) >= 11 is 0. The first-order valence-corrected chi connectivity index (χ1v) is 29.2. The van der Waals surface area contributed by atoms with Gasteiger partial charge < -0.3 is 24.6 Å². The fourth-order valence-electron chi connectivity index (χ4n) is 13.7. The third kappa shape index (κ3) is 12.3. The molecule has 0 saturated heterocycles. The second kappa shape index (κ2) is 23.4. The van der Waals surface area contributed by atoms with Crippen molar-refractivity contribution in [1.29, 1.82) is 0 Å². The van der Waals surface area contributed by atoms with Gasteiger partial charge in [-0.1, -0.05) is 51.5 Å². The number of ketones is 2. The summed E-state index contributed by atoms with van der Waals surface area (Å²) in [6.45, 7) is 13.1. The van der Waals surface area contributed by atoms with Gasteiger partial charge in [0.15, 0.2) is 5.78 Å². The van der Waals surface area contributed by atoms with Crippen LogP contribution in [0, 0.1) is 42.4 Å². The van der Waals surface area contributed by atoms with E-state index in [9.17, 15) is 41.7 Å². The van der Waals surface area contributed by atoms with Crippen molar-refractivity contribution in [3.8, 4) is 5.75 Å². The number of hydrogen-bond donors (Lipinski definition) is 3. The van der Waals surface area contributed by atoms with Crippen molar-refractivity contribution in [1.82, 2.24) is 10.6 Å². The van der Waals surface area contributed by atoms with Crippen LogP contribution in [0.2, 0.25) is 0 Å². The molecular weight excluding hydrogens is 985 g/mol. The topological polar surface area (TPSA) is 203 Å². The van der Waals surface area contributed by atoms with Gasteiger partial charge in [-0.15, -0.1) is 0 Å². The zero-order chi connectivity index (χ0) is 54.6. The first kappa shape index (κ1) is 56.4. The molecule has 4 aliphatic carbocycles. The highest BCUT2D eigenvalue weighted by molar-refractivity contribution is 7.85. The highest BCUT2D eigenvalue weighted by atomic mass is 32.2. The molecular formula is C60H78N4O11S+2. The van der Waals surface area contributed by atoms with Crippen molar-refractivity contribution in [2.75, 3.05) is 45.5 Å². The zero-order valence-electron chi connectivity index (χ0n) is 45.3. The third-order valence-corrected chi connectivity index (χ3v) is 18.5. The van der Waals surface area contributed by atoms with E-state index < -0.39 is 28.2 Å². The molecule has 3 saturated carbocycles. The van der Waals surface area contributed by atoms with Crippen LogP contribution in [-0.4, -0.2) is 104 Å². The lowest BCUT2D eigenvalue weighted by Crippen LogP contribution is -2.54. The van der Waals surface area contributed by atoms with E-state index in [1.54, 1.807) is 18.2 Å². The van der Waals surface area contributed by atoms with Gasteiger partial charge in [0.25, 0.3) is 16.0 Å². The Bertz CT molecular complexity index is 2980. The van der Waals surface area contributed by atoms with Crippen molar-refractivity contribution in [2.24, 2.45) is 28.6 Å². The van der Waals surface area contributed by atoms with Crippen molar-refractivity contribution in [3.63, 3.8) is 0 Å². The monoisotopic (exact) mass is 1060 g/mol. The molecule has 4 aliphatic rings. The molecule has 3 fully saturated rings. The Labute approximate surface area is 447 Å². The number of unbranched alkanes of at least 4 members (excludes halogenated alkanes) is 1. The van der Waals surface area contributed by atoms with Crippen LogP contribution in [0.5, 0.6) is 5.75 Å². The average molecular weight is 1060 g/mol. The molecule has 0 bridgehead atoms. The Morgan fingerprint density at radius 1 is 0.803 bits per heavy atom. The fraction of sp³-hybridized carbons (Fsp3) is 0.550. The van der Waals surface area contributed by atoms with E-state index in [2.05, 4.69) is 36.0 Å². The molecule has 3 aromatic carbocycles. The van der Waals surface area contributed by atoms with Gasteiger partial charge >= 0.3 is 11.9 Å². The Hall–Kier alpha value is -5.84. The van der Waals surface area contributed by atoms with E-state index in [1.807, 2.05) is 69.4 Å². The van der Waals surface area contributed by atoms with Gasteiger partial charge in [-0.25, -0.2) is 4.79 Å². The molecule has 0 aliphatic heterocycles. The predicted octanol–water partition coefficient (Wildman–Crippen LogP) is 8.67. The number of pyridine rings is 1. The van der Waals surface area contributed by atoms with E-state index in [0.29, 0.717) is 115 Å². The predicted molar refractivity (Wildman–Crippen MR) is 290 cm³/mol. The summed E-state index contributed by atoms with van der Waals surface area (Å²) in [5.74, 6) is -0.448. The molecule has 8 rings (SSSR count). The molecule has 0 spiro atoms. The maximum Gasteiger partial charge on any atom is 0.345 e. The number of nitrogens with one attached hydrogen (secondary N) is 2. The number of rotatable bonds is 22. The zero-order valence-corrected chi connectivity index (χ0v) is 46.2. The van der Waals surface area contributed by atoms with Crippen molar-refractivity contribution in [2.45, 2.75) is 137 Å². The summed E-state index contributed by atoms with van der Waals surface area (Å²) in [7, 11) is -2.19. The molecule has 4 aromatic rings. The van der Waals surface area contributed by atoms with Gasteiger partial charge in [-0.2, -0.15) is 13.0 Å². The Morgan fingerprint density at radius 2 is 1.42 bits per heavy atom. The van der Waals surface area contributed by atoms with E-state index in [0.717, 1.165) is 66.0 Å². The number of aromatic nitrogens is 1. The van der Waals surface area contributed by atoms with Crippen molar-refractivity contribution < 1.29 is 60.3 Å². The number of ether oxygens (including phenoxy) is 2. The summed E-state index contributed by atoms with van der Waals surface area (Å²) in [6, 6.07) is 19.2. The molecule has 2 amide bonds. The standard InChI is InChI=1S/C60H76N4O11S/c1-7-8-30-63-49-18-11-9-16-43(49)55(44-17-10-12-19-50(44)63)58(70)75-56-39(2)35-41(36-40(56)3)57(69)62-29-14-32-64(6,33-15-34-76(71,72)73)31-13-28-61-53(67)22-23-54(68)74-51-38-45-46-20-21-52(66)60(46,5)27-25-47(45)59(4)26-24-42(65)37-48(51)59/h9-12,16-19,35-37,45-47,51H,7-8,13-15,20-34,38H2,1-6H3,(H-2,61,62,67,69,71,72,73)/p+2/t45?,46?,47?,51-,59-,60+,64?/m1/s1. The lowest BCUT2D eigenvalue weighted by atomic mass is 9.47. The maximum absolute atomic E-state index is 14.2. The van der Waals surface area contributed by atoms with Crippen LogP contribution in [0.25, 0.3) is 21.8 Å². The first-order chi connectivity index (χ1) is 36.1. The van der Waals surface area contributed by atoms with Crippen molar-refractivity contribution >= 4 is 67.2 Å². The lowest BCUT2D eigenvalue weighted by Gasteiger charge is -2.58. The number of aryl methyl sites for hydroxylation is 3. The van der Waals surface area contributed by atoms with Gasteiger partial charge in [-0.05, 0) is 116 Å². The van der Waals surface area contributed by atoms with Crippen LogP contribution < -0.4 is 19.9 Å². The minimum Gasteiger partial charge on any atom is -0.458 e. The highest BCUT2D eigenvalue weighted by Crippen LogP contribution is 2.64. The quantitative estimate of drug-likeness (QED) is 0.0129. The Morgan fingerprint density at radius 3 is 2.07 bits per heavy atom. The third-order valence-electron chi connectivity index (χ3n) is 17.7. The largest absolute Gasteiger partial charge is 0.458 e. The molecule has 16 heteroatoms. The minimum absolute atomic E-state index is 0.0382. The second-order valence-electron chi connectivity index (χ2n) is 23.0. The molecule has 408 valence electrons. The fourth-order valence-corrected chi connectivity index (χ4v) is 14.2. The first-order valence-electron chi connectivity index (χ1n) is 27.6. The Kier molecular flexibility index (Phi) is 17.4. The number of amides is 2. The van der Waals surface area contributed by atoms with E-state index >= 15 is 0 Å². The number of quaternary nitrogens is 1. The number of carbonyl (C=O) groups excluding carboxylic acids is 6. The molecule has 7 atom stereocenters. The number of Topliss-reactive ketones (excluding diaryl/α,β-unsaturated/α-hetero) is 1. The number of fused-ring (bicyclic) bond motifs is 7. The van der Waals surface area contributed by atoms with Crippen LogP contribution in [0.1, 0.15) is 143 Å². The van der Waals surface area contributed by atoms with Gasteiger partial charge in [0.2, 0.25) is 16.9 Å².